The summed E-state index contributed by atoms with van der Waals surface area (Å²) < 4.78 is 17.1. The van der Waals surface area contributed by atoms with E-state index in [2.05, 4.69) is 20.2 Å². The van der Waals surface area contributed by atoms with E-state index in [1.54, 1.807) is 0 Å². The monoisotopic (exact) mass is 335 g/mol. The number of anilines is 1. The Labute approximate surface area is 138 Å². The molecule has 2 aromatic rings. The summed E-state index contributed by atoms with van der Waals surface area (Å²) >= 11 is 0. The van der Waals surface area contributed by atoms with Crippen LogP contribution in [0, 0.1) is 5.92 Å². The number of nitrogens with one attached hydrogen (secondary N) is 1. The largest absolute Gasteiger partial charge is 0.463 e. The summed E-state index contributed by atoms with van der Waals surface area (Å²) in [6.07, 6.45) is 3.39. The number of ether oxygens (including phenoxy) is 3. The highest BCUT2D eigenvalue weighted by Crippen LogP contribution is 2.33. The lowest BCUT2D eigenvalue weighted by Gasteiger charge is -2.24. The van der Waals surface area contributed by atoms with E-state index >= 15 is 0 Å². The van der Waals surface area contributed by atoms with E-state index in [1.807, 2.05) is 0 Å². The number of aliphatic hydroxyl groups excluding tert-OH is 1. The Morgan fingerprint density at radius 3 is 2.92 bits per heavy atom. The van der Waals surface area contributed by atoms with Gasteiger partial charge in [0.05, 0.1) is 19.3 Å². The van der Waals surface area contributed by atoms with Crippen LogP contribution in [0.25, 0.3) is 11.0 Å². The second kappa shape index (κ2) is 6.50. The molecular formula is C15H21N5O4. The number of fused-ring (bicyclic) bond motifs is 1. The Bertz CT molecular complexity index is 717. The van der Waals surface area contributed by atoms with E-state index in [4.69, 9.17) is 25.1 Å². The van der Waals surface area contributed by atoms with Crippen molar-refractivity contribution in [3.8, 4) is 6.01 Å². The first kappa shape index (κ1) is 15.6. The maximum Gasteiger partial charge on any atom is 0.319 e. The highest BCUT2D eigenvalue weighted by atomic mass is 16.7. The van der Waals surface area contributed by atoms with Crippen LogP contribution in [-0.2, 0) is 9.47 Å². The van der Waals surface area contributed by atoms with E-state index in [1.165, 1.54) is 19.3 Å². The van der Waals surface area contributed by atoms with E-state index in [-0.39, 0.29) is 24.5 Å². The van der Waals surface area contributed by atoms with Crippen LogP contribution in [0.4, 0.5) is 5.82 Å². The molecule has 1 saturated heterocycles. The number of nitrogens with two attached hydrogens (primary N) is 1. The van der Waals surface area contributed by atoms with E-state index in [0.717, 1.165) is 0 Å². The van der Waals surface area contributed by atoms with Crippen LogP contribution in [0.3, 0.4) is 0 Å². The molecule has 2 fully saturated rings. The maximum absolute atomic E-state index is 9.01. The van der Waals surface area contributed by atoms with E-state index in [0.29, 0.717) is 42.3 Å². The molecule has 2 atom stereocenters. The Morgan fingerprint density at radius 2 is 2.17 bits per heavy atom. The van der Waals surface area contributed by atoms with Gasteiger partial charge in [0.2, 0.25) is 6.29 Å². The topological polar surface area (TPSA) is 128 Å². The van der Waals surface area contributed by atoms with Gasteiger partial charge < -0.3 is 25.1 Å². The molecule has 0 aromatic carbocycles. The Balaban J connectivity index is 1.56. The minimum atomic E-state index is -0.611. The van der Waals surface area contributed by atoms with Gasteiger partial charge in [0.1, 0.15) is 11.2 Å². The Kier molecular flexibility index (Phi) is 4.21. The van der Waals surface area contributed by atoms with Crippen LogP contribution < -0.4 is 10.5 Å². The Morgan fingerprint density at radius 1 is 1.29 bits per heavy atom. The predicted octanol–water partition coefficient (Wildman–Crippen LogP) is 0.910. The molecule has 1 saturated carbocycles. The number of aromatic nitrogens is 4. The van der Waals surface area contributed by atoms with Crippen LogP contribution >= 0.6 is 0 Å². The smallest absolute Gasteiger partial charge is 0.319 e. The zero-order valence-corrected chi connectivity index (χ0v) is 13.3. The molecule has 2 aromatic heterocycles. The summed E-state index contributed by atoms with van der Waals surface area (Å²) in [4.78, 5) is 8.59. The van der Waals surface area contributed by atoms with Gasteiger partial charge in [0.25, 0.3) is 0 Å². The number of rotatable bonds is 6. The van der Waals surface area contributed by atoms with Crippen LogP contribution in [0.5, 0.6) is 6.01 Å². The lowest BCUT2D eigenvalue weighted by atomic mass is 9.86. The number of hydrogen-bond donors (Lipinski definition) is 3. The molecule has 4 rings (SSSR count). The molecule has 4 N–H and O–H groups in total. The molecule has 130 valence electrons. The van der Waals surface area contributed by atoms with Crippen molar-refractivity contribution in [1.29, 1.82) is 0 Å². The molecule has 2 aliphatic rings. The van der Waals surface area contributed by atoms with E-state index < -0.39 is 6.29 Å². The summed E-state index contributed by atoms with van der Waals surface area (Å²) in [5, 5.41) is 16.0. The summed E-state index contributed by atoms with van der Waals surface area (Å²) in [5.74, 6) is 0.839. The standard InChI is InChI=1S/C15H21N5O4/c16-13-11-10(17-15(18-13)23-6-8-2-1-3-8)12(20-19-11)14-22-7-9(24-14)4-5-21/h8-9,14,21H,1-7H2,(H,19,20)(H2,16,17,18). The van der Waals surface area contributed by atoms with Crippen molar-refractivity contribution in [1.82, 2.24) is 20.2 Å². The maximum atomic E-state index is 9.01. The third kappa shape index (κ3) is 2.90. The number of hydrogen-bond acceptors (Lipinski definition) is 8. The summed E-state index contributed by atoms with van der Waals surface area (Å²) in [7, 11) is 0. The van der Waals surface area contributed by atoms with Crippen molar-refractivity contribution in [3.63, 3.8) is 0 Å². The van der Waals surface area contributed by atoms with Crippen molar-refractivity contribution in [3.05, 3.63) is 5.69 Å². The van der Waals surface area contributed by atoms with Gasteiger partial charge >= 0.3 is 6.01 Å². The molecule has 3 heterocycles. The first-order valence-electron chi connectivity index (χ1n) is 8.27. The first-order valence-corrected chi connectivity index (χ1v) is 8.27. The molecule has 9 nitrogen and oxygen atoms in total. The van der Waals surface area contributed by atoms with Crippen molar-refractivity contribution in [2.24, 2.45) is 5.92 Å². The molecule has 24 heavy (non-hydrogen) atoms. The summed E-state index contributed by atoms with van der Waals surface area (Å²) in [6.45, 7) is 1.07. The third-order valence-corrected chi connectivity index (χ3v) is 4.54. The molecule has 0 bridgehead atoms. The number of nitrogens with zero attached hydrogens (tertiary/aromatic N) is 3. The molecule has 1 aliphatic heterocycles. The minimum Gasteiger partial charge on any atom is -0.463 e. The zero-order chi connectivity index (χ0) is 16.5. The van der Waals surface area contributed by atoms with Crippen molar-refractivity contribution in [2.75, 3.05) is 25.6 Å². The van der Waals surface area contributed by atoms with Gasteiger partial charge in [0.15, 0.2) is 11.3 Å². The van der Waals surface area contributed by atoms with E-state index in [9.17, 15) is 0 Å². The lowest BCUT2D eigenvalue weighted by molar-refractivity contribution is -0.0648. The fourth-order valence-corrected chi connectivity index (χ4v) is 2.89. The number of aliphatic hydroxyl groups is 1. The Hall–Kier alpha value is -1.97. The molecule has 0 radical (unpaired) electrons. The van der Waals surface area contributed by atoms with Gasteiger partial charge in [0, 0.05) is 6.61 Å². The zero-order valence-electron chi connectivity index (χ0n) is 13.3. The van der Waals surface area contributed by atoms with Crippen molar-refractivity contribution < 1.29 is 19.3 Å². The summed E-state index contributed by atoms with van der Waals surface area (Å²) in [6, 6.07) is 0.249. The summed E-state index contributed by atoms with van der Waals surface area (Å²) in [5.41, 5.74) is 7.57. The quantitative estimate of drug-likeness (QED) is 0.710. The van der Waals surface area contributed by atoms with Crippen LogP contribution in [0.1, 0.15) is 37.7 Å². The van der Waals surface area contributed by atoms with Crippen molar-refractivity contribution >= 4 is 16.9 Å². The van der Waals surface area contributed by atoms with Gasteiger partial charge in [-0.25, -0.2) is 0 Å². The first-order chi connectivity index (χ1) is 11.7. The second-order valence-electron chi connectivity index (χ2n) is 6.27. The average molecular weight is 335 g/mol. The van der Waals surface area contributed by atoms with Gasteiger partial charge in [-0.1, -0.05) is 6.42 Å². The molecule has 0 amide bonds. The third-order valence-electron chi connectivity index (χ3n) is 4.54. The fraction of sp³-hybridized carbons (Fsp3) is 0.667. The molecule has 0 spiro atoms. The van der Waals surface area contributed by atoms with Gasteiger partial charge in [-0.2, -0.15) is 15.1 Å². The molecule has 2 unspecified atom stereocenters. The fourth-order valence-electron chi connectivity index (χ4n) is 2.89. The van der Waals surface area contributed by atoms with Gasteiger partial charge in [-0.05, 0) is 25.2 Å². The van der Waals surface area contributed by atoms with Gasteiger partial charge in [-0.3, -0.25) is 5.10 Å². The highest BCUT2D eigenvalue weighted by molar-refractivity contribution is 5.86. The predicted molar refractivity (Wildman–Crippen MR) is 84.2 cm³/mol. The average Bonchev–Trinajstić information content (AvgIpc) is 3.13. The van der Waals surface area contributed by atoms with Gasteiger partial charge in [-0.15, -0.1) is 0 Å². The highest BCUT2D eigenvalue weighted by Gasteiger charge is 2.31. The SMILES string of the molecule is Nc1nc(OCC2CCC2)nc2c(C3OCC(CCO)O3)[nH]nc12. The number of H-pyrrole nitrogens is 1. The number of nitrogen functional groups attached to an aromatic ring is 1. The van der Waals surface area contributed by atoms with Crippen LogP contribution in [0.15, 0.2) is 0 Å². The molecule has 9 heteroatoms. The second-order valence-corrected chi connectivity index (χ2v) is 6.27. The molecular weight excluding hydrogens is 314 g/mol. The van der Waals surface area contributed by atoms with Crippen LogP contribution in [0.2, 0.25) is 0 Å². The number of aromatic amines is 1. The normalized spacial score (nSPS) is 24.4. The lowest BCUT2D eigenvalue weighted by Crippen LogP contribution is -2.20. The molecule has 1 aliphatic carbocycles. The minimum absolute atomic E-state index is 0.0543. The van der Waals surface area contributed by atoms with Crippen molar-refractivity contribution in [2.45, 2.75) is 38.1 Å². The van der Waals surface area contributed by atoms with Crippen LogP contribution in [-0.4, -0.2) is 51.2 Å².